The minimum Gasteiger partial charge on any atom is -0.472 e. The molecule has 0 atom stereocenters. The highest BCUT2D eigenvalue weighted by Gasteiger charge is 2.19. The van der Waals surface area contributed by atoms with Gasteiger partial charge in [0.2, 0.25) is 5.91 Å². The maximum absolute atomic E-state index is 12.2. The minimum atomic E-state index is -0.0336. The van der Waals surface area contributed by atoms with Gasteiger partial charge in [-0.3, -0.25) is 14.9 Å². The first-order chi connectivity index (χ1) is 18.0. The molecule has 8 nitrogen and oxygen atoms in total. The quantitative estimate of drug-likeness (QED) is 0.246. The van der Waals surface area contributed by atoms with Crippen molar-refractivity contribution in [1.29, 1.82) is 0 Å². The van der Waals surface area contributed by atoms with E-state index in [0.717, 1.165) is 50.4 Å². The Hall–Kier alpha value is -4.94. The van der Waals surface area contributed by atoms with Crippen LogP contribution in [0.2, 0.25) is 0 Å². The van der Waals surface area contributed by atoms with Crippen molar-refractivity contribution in [2.45, 2.75) is 20.3 Å². The lowest BCUT2D eigenvalue weighted by atomic mass is 10.0. The number of H-pyrrole nitrogens is 2. The number of nitrogens with zero attached hydrogens (tertiary/aromatic N) is 3. The zero-order valence-corrected chi connectivity index (χ0v) is 20.4. The highest BCUT2D eigenvalue weighted by atomic mass is 16.3. The Morgan fingerprint density at radius 1 is 1.16 bits per heavy atom. The van der Waals surface area contributed by atoms with Gasteiger partial charge < -0.3 is 14.7 Å². The molecule has 182 valence electrons. The van der Waals surface area contributed by atoms with Gasteiger partial charge in [0.1, 0.15) is 11.2 Å². The standard InChI is InChI=1S/C29H24N6O2/c1-17(2)11-27(36)31-20-12-19(14-30-15-20)23-7-8-25-28(33-23)29(35-34-25)26-13-22-21(18-9-10-37-16-18)5-3-4-6-24(22)32-26/h3,5-10,12-17,32H,11H2,1-2H3,(H,31,36)(H,34,35). The van der Waals surface area contributed by atoms with E-state index >= 15 is 0 Å². The van der Waals surface area contributed by atoms with E-state index < -0.39 is 0 Å². The van der Waals surface area contributed by atoms with Crippen LogP contribution in [0, 0.1) is 5.92 Å². The van der Waals surface area contributed by atoms with Gasteiger partial charge in [-0.15, -0.1) is 5.73 Å². The average Bonchev–Trinajstić information content (AvgIpc) is 3.62. The summed E-state index contributed by atoms with van der Waals surface area (Å²) in [6.07, 6.45) is 13.1. The van der Waals surface area contributed by atoms with E-state index in [1.807, 2.05) is 56.3 Å². The van der Waals surface area contributed by atoms with Crippen molar-refractivity contribution in [3.8, 4) is 22.6 Å². The number of anilines is 1. The number of nitrogens with one attached hydrogen (secondary N) is 3. The fourth-order valence-electron chi connectivity index (χ4n) is 4.44. The summed E-state index contributed by atoms with van der Waals surface area (Å²) < 4.78 is 5.31. The summed E-state index contributed by atoms with van der Waals surface area (Å²) in [5, 5.41) is 10.6. The highest BCUT2D eigenvalue weighted by molar-refractivity contribution is 5.94. The molecule has 3 N–H and O–H groups in total. The Bertz CT molecular complexity index is 1710. The molecule has 0 aromatic carbocycles. The minimum absolute atomic E-state index is 0.0336. The number of hydrogen-bond acceptors (Lipinski definition) is 5. The molecule has 0 aliphatic heterocycles. The Morgan fingerprint density at radius 2 is 2.08 bits per heavy atom. The monoisotopic (exact) mass is 488 g/mol. The van der Waals surface area contributed by atoms with E-state index in [2.05, 4.69) is 37.3 Å². The molecule has 0 unspecified atom stereocenters. The lowest BCUT2D eigenvalue weighted by Gasteiger charge is -2.08. The second-order valence-corrected chi connectivity index (χ2v) is 9.35. The molecule has 6 rings (SSSR count). The van der Waals surface area contributed by atoms with Gasteiger partial charge >= 0.3 is 0 Å². The fourth-order valence-corrected chi connectivity index (χ4v) is 4.44. The Labute approximate surface area is 212 Å². The second-order valence-electron chi connectivity index (χ2n) is 9.35. The first-order valence-electron chi connectivity index (χ1n) is 12.0. The SMILES string of the molecule is CC(C)CC(=O)Nc1cncc(-c2ccc3[nH]nc(-c4cc5c([nH]4)C=C=CC=C5c4ccoc4)c3n2)c1. The average molecular weight is 489 g/mol. The summed E-state index contributed by atoms with van der Waals surface area (Å²) in [4.78, 5) is 24.9. The molecule has 0 saturated carbocycles. The van der Waals surface area contributed by atoms with Crippen LogP contribution in [-0.2, 0) is 4.79 Å². The lowest BCUT2D eigenvalue weighted by molar-refractivity contribution is -0.116. The lowest BCUT2D eigenvalue weighted by Crippen LogP contribution is -2.14. The number of hydrogen-bond donors (Lipinski definition) is 3. The number of pyridine rings is 2. The molecule has 5 aromatic rings. The Morgan fingerprint density at radius 3 is 2.92 bits per heavy atom. The van der Waals surface area contributed by atoms with Gasteiger partial charge in [0.25, 0.3) is 0 Å². The zero-order chi connectivity index (χ0) is 25.4. The molecule has 1 aliphatic carbocycles. The number of aromatic nitrogens is 5. The number of aromatic amines is 2. The summed E-state index contributed by atoms with van der Waals surface area (Å²) in [7, 11) is 0. The van der Waals surface area contributed by atoms with Crippen LogP contribution in [0.3, 0.4) is 0 Å². The predicted octanol–water partition coefficient (Wildman–Crippen LogP) is 6.21. The summed E-state index contributed by atoms with van der Waals surface area (Å²) >= 11 is 0. The number of carbonyl (C=O) groups is 1. The molecule has 0 saturated heterocycles. The molecule has 8 heteroatoms. The summed E-state index contributed by atoms with van der Waals surface area (Å²) in [6, 6.07) is 9.76. The molecule has 1 amide bonds. The van der Waals surface area contributed by atoms with Crippen molar-refractivity contribution >= 4 is 34.3 Å². The molecule has 5 heterocycles. The van der Waals surface area contributed by atoms with Gasteiger partial charge in [0.15, 0.2) is 0 Å². The maximum Gasteiger partial charge on any atom is 0.224 e. The molecule has 1 aliphatic rings. The van der Waals surface area contributed by atoms with E-state index in [1.54, 1.807) is 24.9 Å². The summed E-state index contributed by atoms with van der Waals surface area (Å²) in [6.45, 7) is 4.03. The number of furan rings is 1. The maximum atomic E-state index is 12.2. The van der Waals surface area contributed by atoms with Crippen molar-refractivity contribution in [2.24, 2.45) is 5.92 Å². The Balaban J connectivity index is 1.37. The molecular weight excluding hydrogens is 464 g/mol. The first-order valence-corrected chi connectivity index (χ1v) is 12.0. The largest absolute Gasteiger partial charge is 0.472 e. The number of carbonyl (C=O) groups excluding carboxylic acids is 1. The van der Waals surface area contributed by atoms with Crippen LogP contribution in [-0.4, -0.2) is 31.1 Å². The second kappa shape index (κ2) is 9.26. The van der Waals surface area contributed by atoms with E-state index in [0.29, 0.717) is 17.8 Å². The number of allylic oxidation sites excluding steroid dienone is 2. The molecule has 0 fully saturated rings. The molecule has 0 spiro atoms. The first kappa shape index (κ1) is 22.5. The Kier molecular flexibility index (Phi) is 5.63. The van der Waals surface area contributed by atoms with Crippen LogP contribution in [0.5, 0.6) is 0 Å². The number of amides is 1. The van der Waals surface area contributed by atoms with Gasteiger partial charge in [-0.25, -0.2) is 4.98 Å². The van der Waals surface area contributed by atoms with Gasteiger partial charge in [-0.1, -0.05) is 13.8 Å². The molecule has 0 radical (unpaired) electrons. The van der Waals surface area contributed by atoms with Gasteiger partial charge in [-0.05, 0) is 54.0 Å². The van der Waals surface area contributed by atoms with Crippen molar-refractivity contribution < 1.29 is 9.21 Å². The number of fused-ring (bicyclic) bond motifs is 2. The molecule has 0 bridgehead atoms. The third kappa shape index (κ3) is 4.42. The molecule has 37 heavy (non-hydrogen) atoms. The van der Waals surface area contributed by atoms with E-state index in [4.69, 9.17) is 9.40 Å². The van der Waals surface area contributed by atoms with Crippen LogP contribution in [0.1, 0.15) is 37.1 Å². The van der Waals surface area contributed by atoms with Gasteiger partial charge in [0, 0.05) is 35.4 Å². The smallest absolute Gasteiger partial charge is 0.224 e. The van der Waals surface area contributed by atoms with E-state index in [1.165, 1.54) is 0 Å². The van der Waals surface area contributed by atoms with Crippen LogP contribution < -0.4 is 5.32 Å². The van der Waals surface area contributed by atoms with Crippen molar-refractivity contribution in [1.82, 2.24) is 25.1 Å². The topological polar surface area (TPSA) is 112 Å². The third-order valence-electron chi connectivity index (χ3n) is 6.12. The third-order valence-corrected chi connectivity index (χ3v) is 6.12. The van der Waals surface area contributed by atoms with Crippen molar-refractivity contribution in [2.75, 3.05) is 5.32 Å². The van der Waals surface area contributed by atoms with Crippen molar-refractivity contribution in [3.63, 3.8) is 0 Å². The van der Waals surface area contributed by atoms with Gasteiger partial charge in [-0.2, -0.15) is 5.10 Å². The fraction of sp³-hybridized carbons (Fsp3) is 0.138. The van der Waals surface area contributed by atoms with E-state index in [9.17, 15) is 4.79 Å². The highest BCUT2D eigenvalue weighted by Crippen LogP contribution is 2.34. The van der Waals surface area contributed by atoms with E-state index in [-0.39, 0.29) is 11.8 Å². The van der Waals surface area contributed by atoms with Crippen LogP contribution >= 0.6 is 0 Å². The normalized spacial score (nSPS) is 12.6. The summed E-state index contributed by atoms with van der Waals surface area (Å²) in [5.41, 5.74) is 12.4. The van der Waals surface area contributed by atoms with Crippen LogP contribution in [0.15, 0.2) is 77.6 Å². The molecule has 5 aromatic heterocycles. The van der Waals surface area contributed by atoms with Crippen LogP contribution in [0.25, 0.3) is 45.3 Å². The summed E-state index contributed by atoms with van der Waals surface area (Å²) in [5.74, 6) is 0.245. The van der Waals surface area contributed by atoms with Crippen molar-refractivity contribution in [3.05, 3.63) is 90.0 Å². The van der Waals surface area contributed by atoms with Crippen LogP contribution in [0.4, 0.5) is 5.69 Å². The molecular formula is C29H24N6O2. The zero-order valence-electron chi connectivity index (χ0n) is 20.4. The predicted molar refractivity (Wildman–Crippen MR) is 143 cm³/mol. The number of rotatable bonds is 6. The van der Waals surface area contributed by atoms with Gasteiger partial charge in [0.05, 0.1) is 47.0 Å².